The van der Waals surface area contributed by atoms with Crippen LogP contribution in [0.5, 0.6) is 0 Å². The third-order valence-corrected chi connectivity index (χ3v) is 6.97. The topological polar surface area (TPSA) is 70.5 Å². The monoisotopic (exact) mass is 407 g/mol. The lowest BCUT2D eigenvalue weighted by Crippen LogP contribution is -2.53. The minimum absolute atomic E-state index is 0.0308. The molecule has 2 fully saturated rings. The van der Waals surface area contributed by atoms with Gasteiger partial charge in [0.1, 0.15) is 5.69 Å². The lowest BCUT2D eigenvalue weighted by Gasteiger charge is -2.47. The van der Waals surface area contributed by atoms with Crippen molar-refractivity contribution in [2.75, 3.05) is 38.5 Å². The molecule has 0 aliphatic carbocycles. The summed E-state index contributed by atoms with van der Waals surface area (Å²) in [5.41, 5.74) is 2.15. The van der Waals surface area contributed by atoms with Crippen molar-refractivity contribution in [3.63, 3.8) is 0 Å². The van der Waals surface area contributed by atoms with Gasteiger partial charge in [-0.05, 0) is 63.5 Å². The Morgan fingerprint density at radius 3 is 2.70 bits per heavy atom. The van der Waals surface area contributed by atoms with Gasteiger partial charge in [0, 0.05) is 49.6 Å². The summed E-state index contributed by atoms with van der Waals surface area (Å²) in [6.45, 7) is 5.07. The summed E-state index contributed by atoms with van der Waals surface area (Å²) in [4.78, 5) is 34.6. The van der Waals surface area contributed by atoms with E-state index in [-0.39, 0.29) is 17.4 Å². The Hall–Kier alpha value is -2.51. The van der Waals surface area contributed by atoms with Crippen LogP contribution in [0, 0.1) is 5.92 Å². The van der Waals surface area contributed by atoms with Crippen LogP contribution in [0.1, 0.15) is 41.4 Å². The third-order valence-electron chi connectivity index (χ3n) is 6.97. The number of pyridine rings is 2. The number of aromatic nitrogens is 2. The van der Waals surface area contributed by atoms with E-state index >= 15 is 0 Å². The van der Waals surface area contributed by atoms with E-state index in [0.29, 0.717) is 17.7 Å². The molecule has 7 nitrogen and oxygen atoms in total. The molecule has 2 atom stereocenters. The SMILES string of the molecule is CN1CCC(N2C[C@H]3C[C@H](C2)c2c(NC(=O)c4ccccn4)ccc(=O)n2C3)CC1. The van der Waals surface area contributed by atoms with Gasteiger partial charge in [-0.25, -0.2) is 0 Å². The first-order chi connectivity index (χ1) is 14.6. The predicted octanol–water partition coefficient (Wildman–Crippen LogP) is 2.01. The highest BCUT2D eigenvalue weighted by Gasteiger charge is 2.39. The van der Waals surface area contributed by atoms with Crippen molar-refractivity contribution in [2.45, 2.75) is 37.8 Å². The molecule has 0 radical (unpaired) electrons. The van der Waals surface area contributed by atoms with Gasteiger partial charge in [0.25, 0.3) is 11.5 Å². The summed E-state index contributed by atoms with van der Waals surface area (Å²) in [5, 5.41) is 3.03. The van der Waals surface area contributed by atoms with Gasteiger partial charge in [0.15, 0.2) is 0 Å². The van der Waals surface area contributed by atoms with E-state index in [1.807, 2.05) is 4.57 Å². The lowest BCUT2D eigenvalue weighted by atomic mass is 9.81. The number of hydrogen-bond acceptors (Lipinski definition) is 5. The van der Waals surface area contributed by atoms with Crippen LogP contribution in [-0.2, 0) is 6.54 Å². The van der Waals surface area contributed by atoms with Crippen LogP contribution >= 0.6 is 0 Å². The Morgan fingerprint density at radius 2 is 1.93 bits per heavy atom. The molecule has 158 valence electrons. The zero-order valence-electron chi connectivity index (χ0n) is 17.5. The van der Waals surface area contributed by atoms with Crippen LogP contribution in [-0.4, -0.2) is 64.5 Å². The van der Waals surface area contributed by atoms with E-state index in [9.17, 15) is 9.59 Å². The summed E-state index contributed by atoms with van der Waals surface area (Å²) >= 11 is 0. The molecule has 5 rings (SSSR count). The number of anilines is 1. The Labute approximate surface area is 176 Å². The fourth-order valence-corrected chi connectivity index (χ4v) is 5.50. The van der Waals surface area contributed by atoms with Gasteiger partial charge >= 0.3 is 0 Å². The summed E-state index contributed by atoms with van der Waals surface area (Å²) in [5.74, 6) is 0.530. The molecule has 2 aromatic rings. The van der Waals surface area contributed by atoms with Crippen molar-refractivity contribution < 1.29 is 4.79 Å². The van der Waals surface area contributed by atoms with E-state index in [4.69, 9.17) is 0 Å². The van der Waals surface area contributed by atoms with Crippen LogP contribution in [0.2, 0.25) is 0 Å². The van der Waals surface area contributed by atoms with Gasteiger partial charge in [-0.1, -0.05) is 6.07 Å². The first-order valence-electron chi connectivity index (χ1n) is 11.0. The standard InChI is InChI=1S/C23H29N5O2/c1-26-10-7-18(8-11-26)27-13-16-12-17(15-27)22-19(5-6-21(29)28(22)14-16)25-23(30)20-4-2-3-9-24-20/h2-6,9,16-18H,7-8,10-15H2,1H3,(H,25,30)/t16-,17-/m1/s1. The van der Waals surface area contributed by atoms with Gasteiger partial charge in [-0.2, -0.15) is 0 Å². The van der Waals surface area contributed by atoms with Crippen LogP contribution in [0.25, 0.3) is 0 Å². The second-order valence-electron chi connectivity index (χ2n) is 9.04. The maximum absolute atomic E-state index is 12.7. The molecule has 2 aromatic heterocycles. The maximum Gasteiger partial charge on any atom is 0.274 e. The molecule has 1 N–H and O–H groups in total. The van der Waals surface area contributed by atoms with Crippen molar-refractivity contribution in [2.24, 2.45) is 5.92 Å². The van der Waals surface area contributed by atoms with Crippen molar-refractivity contribution in [3.8, 4) is 0 Å². The Balaban J connectivity index is 1.42. The normalized spacial score (nSPS) is 25.0. The molecule has 3 aliphatic rings. The Kier molecular flexibility index (Phi) is 5.16. The Morgan fingerprint density at radius 1 is 1.10 bits per heavy atom. The number of likely N-dealkylation sites (tertiary alicyclic amines) is 2. The number of fused-ring (bicyclic) bond motifs is 4. The highest BCUT2D eigenvalue weighted by molar-refractivity contribution is 6.03. The summed E-state index contributed by atoms with van der Waals surface area (Å²) < 4.78 is 1.90. The predicted molar refractivity (Wildman–Crippen MR) is 116 cm³/mol. The number of hydrogen-bond donors (Lipinski definition) is 1. The summed E-state index contributed by atoms with van der Waals surface area (Å²) in [7, 11) is 2.19. The highest BCUT2D eigenvalue weighted by Crippen LogP contribution is 2.40. The fourth-order valence-electron chi connectivity index (χ4n) is 5.50. The molecule has 0 aromatic carbocycles. The molecular weight excluding hydrogens is 378 g/mol. The molecule has 30 heavy (non-hydrogen) atoms. The summed E-state index contributed by atoms with van der Waals surface area (Å²) in [6, 6.07) is 9.27. The molecule has 3 aliphatic heterocycles. The van der Waals surface area contributed by atoms with Gasteiger partial charge in [-0.15, -0.1) is 0 Å². The number of piperidine rings is 2. The Bertz CT molecular complexity index is 981. The minimum Gasteiger partial charge on any atom is -0.319 e. The first kappa shape index (κ1) is 19.5. The van der Waals surface area contributed by atoms with E-state index < -0.39 is 0 Å². The molecule has 1 amide bonds. The number of carbonyl (C=O) groups excluding carboxylic acids is 1. The quantitative estimate of drug-likeness (QED) is 0.843. The highest BCUT2D eigenvalue weighted by atomic mass is 16.2. The number of nitrogens with zero attached hydrogens (tertiary/aromatic N) is 4. The van der Waals surface area contributed by atoms with Gasteiger partial charge in [-0.3, -0.25) is 19.5 Å². The van der Waals surface area contributed by atoms with Crippen LogP contribution in [0.3, 0.4) is 0 Å². The third kappa shape index (κ3) is 3.68. The number of nitrogens with one attached hydrogen (secondary N) is 1. The molecule has 2 bridgehead atoms. The fraction of sp³-hybridized carbons (Fsp3) is 0.522. The van der Waals surface area contributed by atoms with E-state index in [2.05, 4.69) is 27.1 Å². The average molecular weight is 408 g/mol. The minimum atomic E-state index is -0.234. The first-order valence-corrected chi connectivity index (χ1v) is 11.0. The van der Waals surface area contributed by atoms with Crippen molar-refractivity contribution in [3.05, 3.63) is 58.3 Å². The van der Waals surface area contributed by atoms with Crippen LogP contribution in [0.4, 0.5) is 5.69 Å². The van der Waals surface area contributed by atoms with Crippen LogP contribution < -0.4 is 10.9 Å². The molecule has 0 saturated carbocycles. The van der Waals surface area contributed by atoms with E-state index in [1.54, 1.807) is 36.5 Å². The van der Waals surface area contributed by atoms with Crippen LogP contribution in [0.15, 0.2) is 41.3 Å². The number of rotatable bonds is 3. The van der Waals surface area contributed by atoms with Crippen molar-refractivity contribution >= 4 is 11.6 Å². The number of amides is 1. The van der Waals surface area contributed by atoms with Crippen molar-refractivity contribution in [1.82, 2.24) is 19.4 Å². The zero-order valence-corrected chi connectivity index (χ0v) is 17.5. The summed E-state index contributed by atoms with van der Waals surface area (Å²) in [6.07, 6.45) is 5.12. The molecule has 5 heterocycles. The molecular formula is C23H29N5O2. The van der Waals surface area contributed by atoms with Crippen molar-refractivity contribution in [1.29, 1.82) is 0 Å². The zero-order chi connectivity index (χ0) is 20.7. The second-order valence-corrected chi connectivity index (χ2v) is 9.04. The maximum atomic E-state index is 12.7. The lowest BCUT2D eigenvalue weighted by molar-refractivity contribution is 0.0519. The molecule has 7 heteroatoms. The van der Waals surface area contributed by atoms with Gasteiger partial charge in [0.2, 0.25) is 0 Å². The molecule has 2 saturated heterocycles. The van der Waals surface area contributed by atoms with E-state index in [1.165, 1.54) is 12.8 Å². The largest absolute Gasteiger partial charge is 0.319 e. The van der Waals surface area contributed by atoms with E-state index in [0.717, 1.165) is 50.5 Å². The average Bonchev–Trinajstić information content (AvgIpc) is 2.76. The second kappa shape index (κ2) is 7.96. The molecule has 0 unspecified atom stereocenters. The number of carbonyl (C=O) groups is 1. The smallest absolute Gasteiger partial charge is 0.274 e. The molecule has 0 spiro atoms. The van der Waals surface area contributed by atoms with Gasteiger partial charge < -0.3 is 14.8 Å². The van der Waals surface area contributed by atoms with Gasteiger partial charge in [0.05, 0.1) is 5.69 Å².